The summed E-state index contributed by atoms with van der Waals surface area (Å²) in [5.41, 5.74) is 0. The van der Waals surface area contributed by atoms with Gasteiger partial charge in [0, 0.05) is 6.92 Å². The van der Waals surface area contributed by atoms with E-state index in [0.717, 1.165) is 0 Å². The maximum absolute atomic E-state index is 10.8. The highest BCUT2D eigenvalue weighted by molar-refractivity contribution is 5.71. The molecule has 0 heterocycles. The van der Waals surface area contributed by atoms with Gasteiger partial charge < -0.3 is 4.74 Å². The van der Waals surface area contributed by atoms with E-state index in [4.69, 9.17) is 10.00 Å². The Bertz CT molecular complexity index is 200. The predicted molar refractivity (Wildman–Crippen MR) is 43.8 cm³/mol. The van der Waals surface area contributed by atoms with Gasteiger partial charge in [-0.2, -0.15) is 5.26 Å². The van der Waals surface area contributed by atoms with Crippen LogP contribution in [0.15, 0.2) is 0 Å². The van der Waals surface area contributed by atoms with Crippen molar-refractivity contribution in [2.24, 2.45) is 0 Å². The standard InChI is InChI=1S/C8H15N2O2/c1-7(10(2,3)4)12-8(11)5-6-9/h7H,5H2,1-4H3/q+1. The lowest BCUT2D eigenvalue weighted by Crippen LogP contribution is -2.45. The minimum Gasteiger partial charge on any atom is -0.412 e. The van der Waals surface area contributed by atoms with Gasteiger partial charge in [-0.05, 0) is 0 Å². The molecule has 0 bridgehead atoms. The van der Waals surface area contributed by atoms with E-state index >= 15 is 0 Å². The summed E-state index contributed by atoms with van der Waals surface area (Å²) < 4.78 is 5.50. The fourth-order valence-electron chi connectivity index (χ4n) is 0.455. The molecule has 4 heteroatoms. The molecule has 0 aromatic rings. The average Bonchev–Trinajstić information content (AvgIpc) is 1.85. The molecule has 0 rings (SSSR count). The smallest absolute Gasteiger partial charge is 0.324 e. The maximum Gasteiger partial charge on any atom is 0.324 e. The van der Waals surface area contributed by atoms with Crippen LogP contribution in [0.3, 0.4) is 0 Å². The van der Waals surface area contributed by atoms with Gasteiger partial charge in [0.25, 0.3) is 0 Å². The number of quaternary nitrogens is 1. The van der Waals surface area contributed by atoms with E-state index < -0.39 is 5.97 Å². The Morgan fingerprint density at radius 3 is 2.42 bits per heavy atom. The van der Waals surface area contributed by atoms with Gasteiger partial charge in [0.15, 0.2) is 0 Å². The molecule has 4 nitrogen and oxygen atoms in total. The summed E-state index contributed by atoms with van der Waals surface area (Å²) in [6, 6.07) is 1.74. The zero-order valence-corrected chi connectivity index (χ0v) is 8.00. The van der Waals surface area contributed by atoms with Gasteiger partial charge in [0.05, 0.1) is 27.2 Å². The highest BCUT2D eigenvalue weighted by atomic mass is 16.6. The van der Waals surface area contributed by atoms with Gasteiger partial charge in [0.1, 0.15) is 6.42 Å². The van der Waals surface area contributed by atoms with E-state index in [9.17, 15) is 4.79 Å². The van der Waals surface area contributed by atoms with E-state index in [1.807, 2.05) is 21.1 Å². The van der Waals surface area contributed by atoms with Crippen molar-refractivity contribution < 1.29 is 14.0 Å². The van der Waals surface area contributed by atoms with Gasteiger partial charge in [0.2, 0.25) is 6.23 Å². The zero-order valence-electron chi connectivity index (χ0n) is 8.00. The van der Waals surface area contributed by atoms with Gasteiger partial charge in [-0.15, -0.1) is 0 Å². The molecule has 0 aliphatic heterocycles. The van der Waals surface area contributed by atoms with Crippen LogP contribution < -0.4 is 0 Å². The van der Waals surface area contributed by atoms with E-state index in [1.54, 1.807) is 13.0 Å². The first-order valence-electron chi connectivity index (χ1n) is 3.75. The zero-order chi connectivity index (χ0) is 9.78. The Morgan fingerprint density at radius 1 is 1.58 bits per heavy atom. The molecule has 0 radical (unpaired) electrons. The fourth-order valence-corrected chi connectivity index (χ4v) is 0.455. The Labute approximate surface area is 72.9 Å². The second-order valence-corrected chi connectivity index (χ2v) is 3.54. The lowest BCUT2D eigenvalue weighted by atomic mass is 10.4. The van der Waals surface area contributed by atoms with E-state index in [2.05, 4.69) is 0 Å². The van der Waals surface area contributed by atoms with E-state index in [0.29, 0.717) is 4.48 Å². The molecule has 0 saturated heterocycles. The molecule has 1 unspecified atom stereocenters. The Kier molecular flexibility index (Phi) is 3.71. The van der Waals surface area contributed by atoms with Crippen molar-refractivity contribution in [2.45, 2.75) is 19.6 Å². The summed E-state index contributed by atoms with van der Waals surface area (Å²) >= 11 is 0. The fraction of sp³-hybridized carbons (Fsp3) is 0.750. The Balaban J connectivity index is 3.95. The topological polar surface area (TPSA) is 50.1 Å². The summed E-state index contributed by atoms with van der Waals surface area (Å²) in [6.45, 7) is 1.80. The molecule has 68 valence electrons. The molecule has 1 atom stereocenters. The molecular weight excluding hydrogens is 156 g/mol. The summed E-state index contributed by atoms with van der Waals surface area (Å²) in [7, 11) is 5.76. The van der Waals surface area contributed by atoms with Crippen LogP contribution in [0.2, 0.25) is 0 Å². The van der Waals surface area contributed by atoms with Crippen LogP contribution in [0.1, 0.15) is 13.3 Å². The lowest BCUT2D eigenvalue weighted by molar-refractivity contribution is -0.914. The molecule has 0 aromatic heterocycles. The number of carbonyl (C=O) groups is 1. The van der Waals surface area contributed by atoms with Crippen molar-refractivity contribution in [3.05, 3.63) is 0 Å². The van der Waals surface area contributed by atoms with Crippen LogP contribution in [0.25, 0.3) is 0 Å². The Morgan fingerprint density at radius 2 is 2.08 bits per heavy atom. The minimum atomic E-state index is -0.460. The second-order valence-electron chi connectivity index (χ2n) is 3.54. The van der Waals surface area contributed by atoms with Crippen molar-refractivity contribution in [3.63, 3.8) is 0 Å². The highest BCUT2D eigenvalue weighted by Gasteiger charge is 2.21. The average molecular weight is 171 g/mol. The molecular formula is C8H15N2O2+. The molecule has 0 amide bonds. The number of rotatable bonds is 3. The van der Waals surface area contributed by atoms with Gasteiger partial charge >= 0.3 is 5.97 Å². The van der Waals surface area contributed by atoms with Crippen LogP contribution in [-0.2, 0) is 9.53 Å². The summed E-state index contributed by atoms with van der Waals surface area (Å²) in [5.74, 6) is -0.460. The number of nitriles is 1. The van der Waals surface area contributed by atoms with Crippen LogP contribution in [0.5, 0.6) is 0 Å². The third kappa shape index (κ3) is 3.94. The first-order valence-corrected chi connectivity index (χ1v) is 3.75. The van der Waals surface area contributed by atoms with Crippen LogP contribution in [0, 0.1) is 11.3 Å². The normalized spacial score (nSPS) is 13.2. The molecule has 0 aromatic carbocycles. The number of nitrogens with zero attached hydrogens (tertiary/aromatic N) is 2. The molecule has 0 aliphatic carbocycles. The number of carbonyl (C=O) groups excluding carboxylic acids is 1. The maximum atomic E-state index is 10.8. The third-order valence-electron chi connectivity index (χ3n) is 1.62. The highest BCUT2D eigenvalue weighted by Crippen LogP contribution is 2.04. The van der Waals surface area contributed by atoms with Crippen molar-refractivity contribution in [1.82, 2.24) is 0 Å². The molecule has 0 spiro atoms. The van der Waals surface area contributed by atoms with Crippen molar-refractivity contribution in [2.75, 3.05) is 21.1 Å². The number of hydrogen-bond acceptors (Lipinski definition) is 3. The van der Waals surface area contributed by atoms with E-state index in [1.165, 1.54) is 0 Å². The summed E-state index contributed by atoms with van der Waals surface area (Å²) in [4.78, 5) is 10.8. The van der Waals surface area contributed by atoms with Crippen molar-refractivity contribution >= 4 is 5.97 Å². The van der Waals surface area contributed by atoms with Crippen LogP contribution >= 0.6 is 0 Å². The second kappa shape index (κ2) is 4.07. The van der Waals surface area contributed by atoms with Crippen molar-refractivity contribution in [3.8, 4) is 6.07 Å². The quantitative estimate of drug-likeness (QED) is 0.353. The summed E-state index contributed by atoms with van der Waals surface area (Å²) in [5, 5.41) is 8.20. The summed E-state index contributed by atoms with van der Waals surface area (Å²) in [6.07, 6.45) is -0.393. The molecule has 0 fully saturated rings. The first kappa shape index (κ1) is 10.9. The first-order chi connectivity index (χ1) is 5.38. The number of esters is 1. The predicted octanol–water partition coefficient (Wildman–Crippen LogP) is 0.495. The third-order valence-corrected chi connectivity index (χ3v) is 1.62. The molecule has 0 saturated carbocycles. The van der Waals surface area contributed by atoms with Gasteiger partial charge in [-0.25, -0.2) is 0 Å². The SMILES string of the molecule is CC(OC(=O)CC#N)[N+](C)(C)C. The molecule has 12 heavy (non-hydrogen) atoms. The van der Waals surface area contributed by atoms with Gasteiger partial charge in [-0.3, -0.25) is 9.28 Å². The van der Waals surface area contributed by atoms with Crippen LogP contribution in [-0.4, -0.2) is 37.8 Å². The monoisotopic (exact) mass is 171 g/mol. The van der Waals surface area contributed by atoms with Gasteiger partial charge in [-0.1, -0.05) is 0 Å². The van der Waals surface area contributed by atoms with E-state index in [-0.39, 0.29) is 12.6 Å². The number of hydrogen-bond donors (Lipinski definition) is 0. The number of ether oxygens (including phenoxy) is 1. The minimum absolute atomic E-state index is 0.176. The Hall–Kier alpha value is -1.08. The van der Waals surface area contributed by atoms with Crippen LogP contribution in [0.4, 0.5) is 0 Å². The molecule has 0 N–H and O–H groups in total. The lowest BCUT2D eigenvalue weighted by Gasteiger charge is -2.30. The molecule has 0 aliphatic rings. The largest absolute Gasteiger partial charge is 0.412 e. The van der Waals surface area contributed by atoms with Crippen molar-refractivity contribution in [1.29, 1.82) is 5.26 Å².